The minimum Gasteiger partial charge on any atom is -0.370 e. The first-order valence-corrected chi connectivity index (χ1v) is 8.21. The summed E-state index contributed by atoms with van der Waals surface area (Å²) in [5.41, 5.74) is 3.42. The number of ether oxygens (including phenoxy) is 1. The first-order chi connectivity index (χ1) is 12.6. The Labute approximate surface area is 154 Å². The molecule has 0 atom stereocenters. The fourth-order valence-corrected chi connectivity index (χ4v) is 2.51. The van der Waals surface area contributed by atoms with Crippen LogP contribution in [0.3, 0.4) is 0 Å². The van der Waals surface area contributed by atoms with E-state index in [1.807, 2.05) is 20.9 Å². The predicted molar refractivity (Wildman–Crippen MR) is 90.9 cm³/mol. The molecular formula is C18H21F4N3O2. The highest BCUT2D eigenvalue weighted by molar-refractivity contribution is 5.94. The van der Waals surface area contributed by atoms with Gasteiger partial charge < -0.3 is 10.1 Å². The molecule has 1 heterocycles. The number of aryl methyl sites for hydroxylation is 2. The second-order valence-corrected chi connectivity index (χ2v) is 6.21. The van der Waals surface area contributed by atoms with Gasteiger partial charge in [-0.05, 0) is 31.5 Å². The van der Waals surface area contributed by atoms with Gasteiger partial charge in [-0.2, -0.15) is 13.9 Å². The summed E-state index contributed by atoms with van der Waals surface area (Å²) in [5.74, 6) is -4.55. The zero-order valence-electron chi connectivity index (χ0n) is 15.2. The van der Waals surface area contributed by atoms with E-state index >= 15 is 0 Å². The maximum Gasteiger partial charge on any atom is 0.330 e. The molecule has 1 aromatic carbocycles. The molecule has 0 fully saturated rings. The van der Waals surface area contributed by atoms with Crippen LogP contribution >= 0.6 is 0 Å². The Morgan fingerprint density at radius 3 is 2.63 bits per heavy atom. The highest BCUT2D eigenvalue weighted by Gasteiger charge is 2.40. The van der Waals surface area contributed by atoms with Crippen LogP contribution in [0.25, 0.3) is 0 Å². The summed E-state index contributed by atoms with van der Waals surface area (Å²) in [4.78, 5) is 12.3. The van der Waals surface area contributed by atoms with E-state index in [4.69, 9.17) is 0 Å². The number of carbonyl (C=O) groups excluding carboxylic acids is 1. The SMILES string of the molecule is Cc1nn(C)c(C)c1CNC(=O)c1cccc(COCC(F)(F)C(F)F)c1. The molecule has 1 amide bonds. The van der Waals surface area contributed by atoms with Gasteiger partial charge in [0, 0.05) is 30.4 Å². The molecule has 0 aliphatic heterocycles. The van der Waals surface area contributed by atoms with Crippen molar-refractivity contribution in [3.8, 4) is 0 Å². The van der Waals surface area contributed by atoms with Crippen molar-refractivity contribution in [2.24, 2.45) is 7.05 Å². The van der Waals surface area contributed by atoms with Gasteiger partial charge in [-0.15, -0.1) is 0 Å². The largest absolute Gasteiger partial charge is 0.370 e. The Hall–Kier alpha value is -2.42. The summed E-state index contributed by atoms with van der Waals surface area (Å²) in [7, 11) is 1.81. The van der Waals surface area contributed by atoms with Crippen molar-refractivity contribution in [1.82, 2.24) is 15.1 Å². The maximum atomic E-state index is 12.8. The van der Waals surface area contributed by atoms with E-state index < -0.39 is 19.0 Å². The van der Waals surface area contributed by atoms with E-state index in [1.165, 1.54) is 6.07 Å². The van der Waals surface area contributed by atoms with Crippen molar-refractivity contribution in [2.75, 3.05) is 6.61 Å². The molecule has 0 unspecified atom stereocenters. The number of nitrogens with one attached hydrogen (secondary N) is 1. The number of hydrogen-bond acceptors (Lipinski definition) is 3. The van der Waals surface area contributed by atoms with E-state index in [0.717, 1.165) is 17.0 Å². The van der Waals surface area contributed by atoms with Crippen molar-refractivity contribution in [1.29, 1.82) is 0 Å². The van der Waals surface area contributed by atoms with Crippen LogP contribution in [-0.2, 0) is 24.9 Å². The number of alkyl halides is 4. The number of nitrogens with zero attached hydrogens (tertiary/aromatic N) is 2. The fourth-order valence-electron chi connectivity index (χ4n) is 2.51. The number of amides is 1. The third-order valence-electron chi connectivity index (χ3n) is 4.16. The molecule has 5 nitrogen and oxygen atoms in total. The molecule has 27 heavy (non-hydrogen) atoms. The highest BCUT2D eigenvalue weighted by Crippen LogP contribution is 2.23. The van der Waals surface area contributed by atoms with E-state index in [9.17, 15) is 22.4 Å². The average molecular weight is 387 g/mol. The molecule has 0 radical (unpaired) electrons. The summed E-state index contributed by atoms with van der Waals surface area (Å²) in [5, 5.41) is 7.06. The Morgan fingerprint density at radius 2 is 2.04 bits per heavy atom. The monoisotopic (exact) mass is 387 g/mol. The van der Waals surface area contributed by atoms with Crippen LogP contribution < -0.4 is 5.32 Å². The van der Waals surface area contributed by atoms with Gasteiger partial charge in [0.25, 0.3) is 5.91 Å². The van der Waals surface area contributed by atoms with Crippen LogP contribution in [0.1, 0.15) is 32.9 Å². The number of benzene rings is 1. The van der Waals surface area contributed by atoms with Gasteiger partial charge in [0.15, 0.2) is 0 Å². The molecule has 1 N–H and O–H groups in total. The Kier molecular flexibility index (Phi) is 6.59. The number of halogens is 4. The summed E-state index contributed by atoms with van der Waals surface area (Å²) >= 11 is 0. The Morgan fingerprint density at radius 1 is 1.33 bits per heavy atom. The van der Waals surface area contributed by atoms with E-state index in [1.54, 1.807) is 22.9 Å². The number of aromatic nitrogens is 2. The van der Waals surface area contributed by atoms with Crippen molar-refractivity contribution in [3.63, 3.8) is 0 Å². The summed E-state index contributed by atoms with van der Waals surface area (Å²) in [6.07, 6.45) is -3.78. The minimum absolute atomic E-state index is 0.297. The van der Waals surface area contributed by atoms with Crippen LogP contribution in [0, 0.1) is 13.8 Å². The average Bonchev–Trinajstić information content (AvgIpc) is 2.85. The lowest BCUT2D eigenvalue weighted by Gasteiger charge is -2.15. The van der Waals surface area contributed by atoms with Crippen LogP contribution in [0.5, 0.6) is 0 Å². The zero-order chi connectivity index (χ0) is 20.2. The molecule has 0 aliphatic rings. The zero-order valence-corrected chi connectivity index (χ0v) is 15.2. The lowest BCUT2D eigenvalue weighted by atomic mass is 10.1. The van der Waals surface area contributed by atoms with E-state index in [0.29, 0.717) is 17.7 Å². The summed E-state index contributed by atoms with van der Waals surface area (Å²) in [6, 6.07) is 6.17. The first kappa shape index (κ1) is 20.9. The van der Waals surface area contributed by atoms with Crippen LogP contribution in [0.2, 0.25) is 0 Å². The maximum absolute atomic E-state index is 12.8. The van der Waals surface area contributed by atoms with Crippen LogP contribution in [0.4, 0.5) is 17.6 Å². The van der Waals surface area contributed by atoms with Crippen molar-refractivity contribution in [3.05, 3.63) is 52.3 Å². The minimum atomic E-state index is -4.20. The molecule has 9 heteroatoms. The third-order valence-corrected chi connectivity index (χ3v) is 4.16. The van der Waals surface area contributed by atoms with Gasteiger partial charge in [0.1, 0.15) is 6.61 Å². The van der Waals surface area contributed by atoms with Gasteiger partial charge in [0.2, 0.25) is 0 Å². The van der Waals surface area contributed by atoms with Gasteiger partial charge in [-0.25, -0.2) is 8.78 Å². The lowest BCUT2D eigenvalue weighted by molar-refractivity contribution is -0.168. The van der Waals surface area contributed by atoms with Crippen molar-refractivity contribution >= 4 is 5.91 Å². The number of rotatable bonds is 8. The number of hydrogen-bond donors (Lipinski definition) is 1. The van der Waals surface area contributed by atoms with Gasteiger partial charge >= 0.3 is 12.3 Å². The van der Waals surface area contributed by atoms with Gasteiger partial charge in [0.05, 0.1) is 12.3 Å². The third kappa shape index (κ3) is 5.29. The molecule has 0 bridgehead atoms. The second kappa shape index (κ2) is 8.51. The van der Waals surface area contributed by atoms with Gasteiger partial charge in [-0.1, -0.05) is 12.1 Å². The second-order valence-electron chi connectivity index (χ2n) is 6.21. The quantitative estimate of drug-likeness (QED) is 0.707. The molecular weight excluding hydrogens is 366 g/mol. The molecule has 0 aliphatic carbocycles. The Balaban J connectivity index is 1.95. The molecule has 0 spiro atoms. The molecule has 148 valence electrons. The van der Waals surface area contributed by atoms with Crippen LogP contribution in [0.15, 0.2) is 24.3 Å². The molecule has 2 rings (SSSR count). The summed E-state index contributed by atoms with van der Waals surface area (Å²) in [6.45, 7) is 2.35. The lowest BCUT2D eigenvalue weighted by Crippen LogP contribution is -2.32. The molecule has 0 saturated carbocycles. The van der Waals surface area contributed by atoms with E-state index in [-0.39, 0.29) is 12.5 Å². The molecule has 2 aromatic rings. The van der Waals surface area contributed by atoms with E-state index in [2.05, 4.69) is 15.2 Å². The molecule has 0 saturated heterocycles. The van der Waals surface area contributed by atoms with Crippen molar-refractivity contribution in [2.45, 2.75) is 39.3 Å². The number of carbonyl (C=O) groups is 1. The smallest absolute Gasteiger partial charge is 0.330 e. The first-order valence-electron chi connectivity index (χ1n) is 8.21. The van der Waals surface area contributed by atoms with Crippen molar-refractivity contribution < 1.29 is 27.1 Å². The standard InChI is InChI=1S/C18H21F4N3O2/c1-11-15(12(2)25(3)24-11)8-23-16(26)14-6-4-5-13(7-14)9-27-10-18(21,22)17(19)20/h4-7,17H,8-10H2,1-3H3,(H,23,26). The Bertz CT molecular complexity index is 806. The summed E-state index contributed by atoms with van der Waals surface area (Å²) < 4.78 is 56.3. The van der Waals surface area contributed by atoms with Crippen LogP contribution in [-0.4, -0.2) is 34.6 Å². The fraction of sp³-hybridized carbons (Fsp3) is 0.444. The predicted octanol–water partition coefficient (Wildman–Crippen LogP) is 3.38. The topological polar surface area (TPSA) is 56.2 Å². The van der Waals surface area contributed by atoms with Gasteiger partial charge in [-0.3, -0.25) is 9.48 Å². The highest BCUT2D eigenvalue weighted by atomic mass is 19.3. The normalized spacial score (nSPS) is 11.9. The molecule has 1 aromatic heterocycles.